The van der Waals surface area contributed by atoms with E-state index in [0.717, 1.165) is 41.0 Å². The molecular formula is C28H34N8O3. The van der Waals surface area contributed by atoms with Gasteiger partial charge in [0.25, 0.3) is 0 Å². The van der Waals surface area contributed by atoms with Gasteiger partial charge in [0.1, 0.15) is 11.5 Å². The van der Waals surface area contributed by atoms with Gasteiger partial charge >= 0.3 is 0 Å². The summed E-state index contributed by atoms with van der Waals surface area (Å²) in [6.45, 7) is 7.08. The fourth-order valence-corrected chi connectivity index (χ4v) is 4.03. The van der Waals surface area contributed by atoms with Crippen LogP contribution in [0.1, 0.15) is 5.56 Å². The average Bonchev–Trinajstić information content (AvgIpc) is 3.35. The topological polar surface area (TPSA) is 110 Å². The molecule has 2 N–H and O–H groups in total. The number of carbonyl (C=O) groups is 1. The molecule has 0 aliphatic heterocycles. The summed E-state index contributed by atoms with van der Waals surface area (Å²) in [5.41, 5.74) is 3.69. The molecule has 0 radical (unpaired) electrons. The maximum atomic E-state index is 12.3. The molecule has 0 aliphatic rings. The minimum atomic E-state index is -0.316. The van der Waals surface area contributed by atoms with Gasteiger partial charge in [0.05, 0.1) is 43.0 Å². The highest BCUT2D eigenvalue weighted by atomic mass is 16.5. The number of fused-ring (bicyclic) bond motifs is 1. The van der Waals surface area contributed by atoms with Gasteiger partial charge < -0.3 is 29.9 Å². The number of hydrogen-bond acceptors (Lipinski definition) is 9. The quantitative estimate of drug-likeness (QED) is 0.278. The van der Waals surface area contributed by atoms with Gasteiger partial charge in [0, 0.05) is 49.4 Å². The third kappa shape index (κ3) is 6.10. The highest BCUT2D eigenvalue weighted by Gasteiger charge is 2.18. The monoisotopic (exact) mass is 530 g/mol. The number of aromatic nitrogens is 4. The molecule has 11 heteroatoms. The zero-order valence-corrected chi connectivity index (χ0v) is 23.1. The standard InChI is InChI=1S/C28H34N8O3/c1-8-26(37)31-21-14-22(25(39-7)15-24(21)35(5)12-11-34(3)4)32-28-29-16-18(2)27(33-28)36-23-13-20(38-6)10-9-19(23)17-30-36/h8-10,13-17H,1,11-12H2,2-7H3,(H,31,37)(H,29,32,33). The number of carbonyl (C=O) groups excluding carboxylic acids is 1. The molecule has 0 bridgehead atoms. The third-order valence-electron chi connectivity index (χ3n) is 6.23. The van der Waals surface area contributed by atoms with Crippen molar-refractivity contribution in [2.45, 2.75) is 6.92 Å². The smallest absolute Gasteiger partial charge is 0.247 e. The van der Waals surface area contributed by atoms with Crippen LogP contribution in [0.3, 0.4) is 0 Å². The number of nitrogens with zero attached hydrogens (tertiary/aromatic N) is 6. The summed E-state index contributed by atoms with van der Waals surface area (Å²) in [5.74, 6) is 1.94. The third-order valence-corrected chi connectivity index (χ3v) is 6.23. The van der Waals surface area contributed by atoms with E-state index >= 15 is 0 Å². The lowest BCUT2D eigenvalue weighted by atomic mass is 10.2. The van der Waals surface area contributed by atoms with E-state index in [2.05, 4.69) is 37.1 Å². The van der Waals surface area contributed by atoms with Crippen LogP contribution < -0.4 is 25.0 Å². The Labute approximate surface area is 228 Å². The van der Waals surface area contributed by atoms with E-state index < -0.39 is 0 Å². The second-order valence-corrected chi connectivity index (χ2v) is 9.29. The Hall–Kier alpha value is -4.64. The summed E-state index contributed by atoms with van der Waals surface area (Å²) in [6.07, 6.45) is 4.75. The Morgan fingerprint density at radius 2 is 1.87 bits per heavy atom. The van der Waals surface area contributed by atoms with Crippen molar-refractivity contribution in [3.63, 3.8) is 0 Å². The summed E-state index contributed by atoms with van der Waals surface area (Å²) in [5, 5.41) is 11.7. The SMILES string of the molecule is C=CC(=O)Nc1cc(Nc2ncc(C)c(-n3ncc4ccc(OC)cc43)n2)c(OC)cc1N(C)CCN(C)C. The van der Waals surface area contributed by atoms with Gasteiger partial charge in [-0.25, -0.2) is 9.67 Å². The van der Waals surface area contributed by atoms with Crippen LogP contribution in [0.15, 0.2) is 55.4 Å². The minimum absolute atomic E-state index is 0.316. The lowest BCUT2D eigenvalue weighted by Gasteiger charge is -2.26. The number of ether oxygens (including phenoxy) is 2. The van der Waals surface area contributed by atoms with Crippen molar-refractivity contribution in [1.82, 2.24) is 24.6 Å². The van der Waals surface area contributed by atoms with Gasteiger partial charge in [-0.3, -0.25) is 4.79 Å². The van der Waals surface area contributed by atoms with Gasteiger partial charge in [-0.15, -0.1) is 0 Å². The lowest BCUT2D eigenvalue weighted by Crippen LogP contribution is -2.29. The molecule has 2 heterocycles. The fraction of sp³-hybridized carbons (Fsp3) is 0.286. The molecule has 0 spiro atoms. The first-order valence-electron chi connectivity index (χ1n) is 12.4. The summed E-state index contributed by atoms with van der Waals surface area (Å²) in [7, 11) is 9.22. The van der Waals surface area contributed by atoms with Crippen LogP contribution in [0.2, 0.25) is 0 Å². The van der Waals surface area contributed by atoms with E-state index in [0.29, 0.717) is 28.9 Å². The summed E-state index contributed by atoms with van der Waals surface area (Å²) >= 11 is 0. The van der Waals surface area contributed by atoms with Crippen molar-refractivity contribution in [3.8, 4) is 17.3 Å². The van der Waals surface area contributed by atoms with Crippen LogP contribution in [0.25, 0.3) is 16.7 Å². The van der Waals surface area contributed by atoms with Crippen molar-refractivity contribution >= 4 is 39.8 Å². The highest BCUT2D eigenvalue weighted by Crippen LogP contribution is 2.38. The Balaban J connectivity index is 1.73. The second kappa shape index (κ2) is 11.8. The first-order valence-corrected chi connectivity index (χ1v) is 12.4. The Bertz CT molecular complexity index is 1500. The molecule has 0 saturated carbocycles. The zero-order valence-electron chi connectivity index (χ0n) is 23.1. The molecule has 11 nitrogen and oxygen atoms in total. The molecule has 2 aromatic carbocycles. The number of rotatable bonds is 11. The van der Waals surface area contributed by atoms with Crippen LogP contribution in [-0.2, 0) is 4.79 Å². The molecule has 0 saturated heterocycles. The van der Waals surface area contributed by atoms with Gasteiger partial charge in [-0.1, -0.05) is 6.58 Å². The Morgan fingerprint density at radius 1 is 1.08 bits per heavy atom. The minimum Gasteiger partial charge on any atom is -0.497 e. The molecule has 0 atom stereocenters. The highest BCUT2D eigenvalue weighted by molar-refractivity contribution is 6.02. The number of anilines is 4. The number of nitrogens with one attached hydrogen (secondary N) is 2. The van der Waals surface area contributed by atoms with E-state index in [4.69, 9.17) is 14.5 Å². The van der Waals surface area contributed by atoms with Gasteiger partial charge in [0.15, 0.2) is 5.82 Å². The van der Waals surface area contributed by atoms with E-state index in [1.807, 2.05) is 52.3 Å². The van der Waals surface area contributed by atoms with Crippen molar-refractivity contribution < 1.29 is 14.3 Å². The van der Waals surface area contributed by atoms with Gasteiger partial charge in [0.2, 0.25) is 11.9 Å². The van der Waals surface area contributed by atoms with E-state index in [-0.39, 0.29) is 5.91 Å². The number of hydrogen-bond donors (Lipinski definition) is 2. The second-order valence-electron chi connectivity index (χ2n) is 9.29. The van der Waals surface area contributed by atoms with E-state index in [1.165, 1.54) is 6.08 Å². The van der Waals surface area contributed by atoms with Crippen LogP contribution in [-0.4, -0.2) is 79.0 Å². The Morgan fingerprint density at radius 3 is 2.56 bits per heavy atom. The molecule has 2 aromatic heterocycles. The maximum Gasteiger partial charge on any atom is 0.247 e. The molecule has 0 aliphatic carbocycles. The number of aryl methyl sites for hydroxylation is 1. The van der Waals surface area contributed by atoms with E-state index in [1.54, 1.807) is 37.4 Å². The van der Waals surface area contributed by atoms with Crippen LogP contribution in [0, 0.1) is 6.92 Å². The van der Waals surface area contributed by atoms with Crippen molar-refractivity contribution in [3.05, 3.63) is 60.9 Å². The summed E-state index contributed by atoms with van der Waals surface area (Å²) in [4.78, 5) is 25.7. The molecule has 204 valence electrons. The van der Waals surface area contributed by atoms with Crippen LogP contribution in [0.4, 0.5) is 23.0 Å². The first kappa shape index (κ1) is 27.4. The molecule has 4 aromatic rings. The van der Waals surface area contributed by atoms with E-state index in [9.17, 15) is 4.79 Å². The lowest BCUT2D eigenvalue weighted by molar-refractivity contribution is -0.111. The first-order chi connectivity index (χ1) is 18.7. The summed E-state index contributed by atoms with van der Waals surface area (Å²) in [6, 6.07) is 9.44. The maximum absolute atomic E-state index is 12.3. The number of likely N-dealkylation sites (N-methyl/N-ethyl adjacent to an activating group) is 2. The number of amides is 1. The zero-order chi connectivity index (χ0) is 28.1. The van der Waals surface area contributed by atoms with Crippen LogP contribution >= 0.6 is 0 Å². The van der Waals surface area contributed by atoms with Crippen molar-refractivity contribution in [1.29, 1.82) is 0 Å². The Kier molecular flexibility index (Phi) is 8.30. The predicted octanol–water partition coefficient (Wildman–Crippen LogP) is 4.01. The largest absolute Gasteiger partial charge is 0.497 e. The van der Waals surface area contributed by atoms with Crippen molar-refractivity contribution in [2.75, 3.05) is 64.0 Å². The van der Waals surface area contributed by atoms with Crippen molar-refractivity contribution in [2.24, 2.45) is 0 Å². The molecule has 39 heavy (non-hydrogen) atoms. The molecular weight excluding hydrogens is 496 g/mol. The van der Waals surface area contributed by atoms with Gasteiger partial charge in [-0.2, -0.15) is 10.1 Å². The van der Waals surface area contributed by atoms with Gasteiger partial charge in [-0.05, 0) is 45.3 Å². The average molecular weight is 531 g/mol. The predicted molar refractivity (Wildman–Crippen MR) is 155 cm³/mol. The molecule has 0 fully saturated rings. The molecule has 0 unspecified atom stereocenters. The normalized spacial score (nSPS) is 10.9. The van der Waals surface area contributed by atoms with Crippen LogP contribution in [0.5, 0.6) is 11.5 Å². The fourth-order valence-electron chi connectivity index (χ4n) is 4.03. The number of methoxy groups -OCH3 is 2. The molecule has 1 amide bonds. The molecule has 4 rings (SSSR count). The summed E-state index contributed by atoms with van der Waals surface area (Å²) < 4.78 is 12.9. The number of benzene rings is 2.